The quantitative estimate of drug-likeness (QED) is 0.655. The van der Waals surface area contributed by atoms with Gasteiger partial charge in [-0.2, -0.15) is 4.98 Å². The summed E-state index contributed by atoms with van der Waals surface area (Å²) in [5, 5.41) is 11.1. The Morgan fingerprint density at radius 1 is 1.42 bits per heavy atom. The Morgan fingerprint density at radius 2 is 2.29 bits per heavy atom. The highest BCUT2D eigenvalue weighted by Gasteiger charge is 2.13. The molecule has 0 aliphatic heterocycles. The van der Waals surface area contributed by atoms with Crippen LogP contribution in [0.5, 0.6) is 5.75 Å². The number of thioether (sulfide) groups is 1. The number of nitrogens with one attached hydrogen (secondary N) is 1. The fraction of sp³-hybridized carbons (Fsp3) is 0.333. The van der Waals surface area contributed by atoms with Crippen LogP contribution in [-0.2, 0) is 12.3 Å². The van der Waals surface area contributed by atoms with Crippen LogP contribution in [0.25, 0.3) is 11.4 Å². The van der Waals surface area contributed by atoms with Crippen LogP contribution in [0.4, 0.5) is 0 Å². The third-order valence-electron chi connectivity index (χ3n) is 3.29. The van der Waals surface area contributed by atoms with E-state index in [0.717, 1.165) is 17.7 Å². The number of hydrogen-bond acceptors (Lipinski definition) is 7. The van der Waals surface area contributed by atoms with Gasteiger partial charge in [-0.05, 0) is 18.6 Å². The first kappa shape index (κ1) is 16.3. The van der Waals surface area contributed by atoms with Crippen molar-refractivity contribution in [1.29, 1.82) is 0 Å². The average Bonchev–Trinajstić information content (AvgIpc) is 3.21. The van der Waals surface area contributed by atoms with Crippen molar-refractivity contribution in [2.24, 2.45) is 0 Å². The molecule has 2 heterocycles. The fourth-order valence-electron chi connectivity index (χ4n) is 2.15. The Labute approximate surface area is 142 Å². The summed E-state index contributed by atoms with van der Waals surface area (Å²) in [4.78, 5) is 16.0. The van der Waals surface area contributed by atoms with Gasteiger partial charge < -0.3 is 9.26 Å². The Bertz CT molecular complexity index is 870. The first-order chi connectivity index (χ1) is 11.7. The van der Waals surface area contributed by atoms with Gasteiger partial charge in [-0.15, -0.1) is 5.10 Å². The molecule has 0 aliphatic carbocycles. The highest BCUT2D eigenvalue weighted by atomic mass is 32.2. The van der Waals surface area contributed by atoms with E-state index in [2.05, 4.69) is 20.3 Å². The van der Waals surface area contributed by atoms with Crippen molar-refractivity contribution in [2.75, 3.05) is 7.11 Å². The van der Waals surface area contributed by atoms with E-state index >= 15 is 0 Å². The zero-order valence-electron chi connectivity index (χ0n) is 13.4. The number of benzene rings is 1. The second kappa shape index (κ2) is 7.35. The summed E-state index contributed by atoms with van der Waals surface area (Å²) >= 11 is 1.38. The SMILES string of the molecule is CCCn1c(SCc2nc(-c3cccc(OC)c3)no2)n[nH]c1=O. The van der Waals surface area contributed by atoms with Gasteiger partial charge >= 0.3 is 5.69 Å². The lowest BCUT2D eigenvalue weighted by atomic mass is 10.2. The molecule has 0 fully saturated rings. The van der Waals surface area contributed by atoms with Gasteiger partial charge in [0.2, 0.25) is 11.7 Å². The van der Waals surface area contributed by atoms with Gasteiger partial charge in [-0.25, -0.2) is 9.89 Å². The van der Waals surface area contributed by atoms with Crippen LogP contribution in [-0.4, -0.2) is 32.0 Å². The second-order valence-corrected chi connectivity index (χ2v) is 5.94. The van der Waals surface area contributed by atoms with Crippen LogP contribution in [0.2, 0.25) is 0 Å². The van der Waals surface area contributed by atoms with E-state index in [1.165, 1.54) is 11.8 Å². The van der Waals surface area contributed by atoms with Crippen molar-refractivity contribution in [3.63, 3.8) is 0 Å². The molecule has 3 aromatic rings. The first-order valence-electron chi connectivity index (χ1n) is 7.46. The Balaban J connectivity index is 1.71. The number of H-pyrrole nitrogens is 1. The number of methoxy groups -OCH3 is 1. The molecule has 0 saturated carbocycles. The van der Waals surface area contributed by atoms with E-state index in [4.69, 9.17) is 9.26 Å². The maximum absolute atomic E-state index is 11.7. The Hall–Kier alpha value is -2.55. The van der Waals surface area contributed by atoms with Gasteiger partial charge in [0, 0.05) is 12.1 Å². The minimum absolute atomic E-state index is 0.207. The number of aromatic amines is 1. The molecule has 0 saturated heterocycles. The molecule has 8 nitrogen and oxygen atoms in total. The van der Waals surface area contributed by atoms with E-state index < -0.39 is 0 Å². The molecule has 126 valence electrons. The largest absolute Gasteiger partial charge is 0.497 e. The Kier molecular flexibility index (Phi) is 4.99. The van der Waals surface area contributed by atoms with Gasteiger partial charge in [0.25, 0.3) is 0 Å². The number of hydrogen-bond donors (Lipinski definition) is 1. The number of ether oxygens (including phenoxy) is 1. The average molecular weight is 347 g/mol. The predicted octanol–water partition coefficient (Wildman–Crippen LogP) is 2.33. The summed E-state index contributed by atoms with van der Waals surface area (Å²) in [6.07, 6.45) is 0.855. The van der Waals surface area contributed by atoms with Crippen molar-refractivity contribution < 1.29 is 9.26 Å². The third-order valence-corrected chi connectivity index (χ3v) is 4.25. The zero-order valence-corrected chi connectivity index (χ0v) is 14.2. The van der Waals surface area contributed by atoms with Crippen LogP contribution >= 0.6 is 11.8 Å². The predicted molar refractivity (Wildman–Crippen MR) is 89.0 cm³/mol. The molecule has 0 spiro atoms. The smallest absolute Gasteiger partial charge is 0.343 e. The molecule has 3 rings (SSSR count). The van der Waals surface area contributed by atoms with Crippen LogP contribution < -0.4 is 10.4 Å². The van der Waals surface area contributed by atoms with E-state index in [9.17, 15) is 4.79 Å². The normalized spacial score (nSPS) is 10.9. The van der Waals surface area contributed by atoms with E-state index in [1.54, 1.807) is 11.7 Å². The van der Waals surface area contributed by atoms with Gasteiger partial charge in [0.15, 0.2) is 5.16 Å². The van der Waals surface area contributed by atoms with E-state index in [1.807, 2.05) is 31.2 Å². The molecule has 0 atom stereocenters. The molecule has 24 heavy (non-hydrogen) atoms. The van der Waals surface area contributed by atoms with E-state index in [-0.39, 0.29) is 5.69 Å². The second-order valence-electron chi connectivity index (χ2n) is 5.00. The van der Waals surface area contributed by atoms with Crippen LogP contribution in [0.15, 0.2) is 38.7 Å². The maximum atomic E-state index is 11.7. The topological polar surface area (TPSA) is 98.8 Å². The van der Waals surface area contributed by atoms with Crippen molar-refractivity contribution in [3.05, 3.63) is 40.6 Å². The Morgan fingerprint density at radius 3 is 3.08 bits per heavy atom. The fourth-order valence-corrected chi connectivity index (χ4v) is 2.96. The van der Waals surface area contributed by atoms with Crippen molar-refractivity contribution in [1.82, 2.24) is 24.9 Å². The summed E-state index contributed by atoms with van der Waals surface area (Å²) in [6.45, 7) is 2.63. The summed E-state index contributed by atoms with van der Waals surface area (Å²) in [5.74, 6) is 2.13. The van der Waals surface area contributed by atoms with Crippen LogP contribution in [0.3, 0.4) is 0 Å². The third kappa shape index (κ3) is 3.51. The van der Waals surface area contributed by atoms with Crippen molar-refractivity contribution in [2.45, 2.75) is 30.8 Å². The minimum atomic E-state index is -0.207. The molecule has 0 radical (unpaired) electrons. The number of rotatable bonds is 7. The maximum Gasteiger partial charge on any atom is 0.343 e. The molecular weight excluding hydrogens is 330 g/mol. The first-order valence-corrected chi connectivity index (χ1v) is 8.45. The lowest BCUT2D eigenvalue weighted by molar-refractivity contribution is 0.391. The lowest BCUT2D eigenvalue weighted by Crippen LogP contribution is -2.17. The number of nitrogens with zero attached hydrogens (tertiary/aromatic N) is 4. The molecule has 0 amide bonds. The minimum Gasteiger partial charge on any atom is -0.497 e. The molecule has 0 unspecified atom stereocenters. The van der Waals surface area contributed by atoms with Crippen molar-refractivity contribution in [3.8, 4) is 17.1 Å². The zero-order chi connectivity index (χ0) is 16.9. The summed E-state index contributed by atoms with van der Waals surface area (Å²) in [5.41, 5.74) is 0.610. The van der Waals surface area contributed by atoms with Crippen LogP contribution in [0, 0.1) is 0 Å². The molecule has 0 aliphatic rings. The molecule has 9 heteroatoms. The molecule has 0 bridgehead atoms. The lowest BCUT2D eigenvalue weighted by Gasteiger charge is -2.01. The van der Waals surface area contributed by atoms with E-state index in [0.29, 0.717) is 29.2 Å². The monoisotopic (exact) mass is 347 g/mol. The molecular formula is C15H17N5O3S. The standard InChI is InChI=1S/C15H17N5O3S/c1-3-7-20-14(21)17-18-15(20)24-9-12-16-13(19-23-12)10-5-4-6-11(8-10)22-2/h4-6,8H,3,7,9H2,1-2H3,(H,17,21). The van der Waals surface area contributed by atoms with Crippen molar-refractivity contribution >= 4 is 11.8 Å². The van der Waals surface area contributed by atoms with Crippen LogP contribution in [0.1, 0.15) is 19.2 Å². The van der Waals surface area contributed by atoms with Gasteiger partial charge in [0.05, 0.1) is 12.9 Å². The number of aromatic nitrogens is 5. The highest BCUT2D eigenvalue weighted by molar-refractivity contribution is 7.98. The summed E-state index contributed by atoms with van der Waals surface area (Å²) in [6, 6.07) is 7.45. The summed E-state index contributed by atoms with van der Waals surface area (Å²) in [7, 11) is 1.61. The molecule has 1 aromatic carbocycles. The highest BCUT2D eigenvalue weighted by Crippen LogP contribution is 2.23. The molecule has 2 aromatic heterocycles. The summed E-state index contributed by atoms with van der Waals surface area (Å²) < 4.78 is 12.1. The van der Waals surface area contributed by atoms with Gasteiger partial charge in [-0.1, -0.05) is 36.0 Å². The molecule has 1 N–H and O–H groups in total. The van der Waals surface area contributed by atoms with Gasteiger partial charge in [-0.3, -0.25) is 4.57 Å². The van der Waals surface area contributed by atoms with Gasteiger partial charge in [0.1, 0.15) is 5.75 Å².